The molecule has 2 heteroatoms. The predicted molar refractivity (Wildman–Crippen MR) is 38.4 cm³/mol. The Morgan fingerprint density at radius 2 is 2.30 bits per heavy atom. The normalized spacial score (nSPS) is 27.1. The van der Waals surface area contributed by atoms with Crippen LogP contribution in [0.25, 0.3) is 4.85 Å². The van der Waals surface area contributed by atoms with Gasteiger partial charge in [0.25, 0.3) is 6.54 Å². The van der Waals surface area contributed by atoms with Crippen LogP contribution in [-0.2, 0) is 4.79 Å². The molecule has 1 aliphatic rings. The van der Waals surface area contributed by atoms with Crippen molar-refractivity contribution in [1.82, 2.24) is 0 Å². The highest BCUT2D eigenvalue weighted by Crippen LogP contribution is 2.51. The highest BCUT2D eigenvalue weighted by molar-refractivity contribution is 5.87. The van der Waals surface area contributed by atoms with Gasteiger partial charge in [-0.25, -0.2) is 6.57 Å². The second-order valence-corrected chi connectivity index (χ2v) is 3.53. The van der Waals surface area contributed by atoms with Crippen LogP contribution in [0.3, 0.4) is 0 Å². The fourth-order valence-corrected chi connectivity index (χ4v) is 1.20. The zero-order valence-electron chi connectivity index (χ0n) is 6.35. The molecule has 10 heavy (non-hydrogen) atoms. The molecule has 2 nitrogen and oxygen atoms in total. The third-order valence-electron chi connectivity index (χ3n) is 2.14. The Morgan fingerprint density at radius 1 is 1.80 bits per heavy atom. The van der Waals surface area contributed by atoms with Gasteiger partial charge in [-0.3, -0.25) is 4.79 Å². The van der Waals surface area contributed by atoms with Gasteiger partial charge < -0.3 is 4.85 Å². The summed E-state index contributed by atoms with van der Waals surface area (Å²) in [5, 5.41) is 0. The molecule has 0 saturated heterocycles. The molecule has 54 valence electrons. The van der Waals surface area contributed by atoms with Crippen LogP contribution in [-0.4, -0.2) is 12.3 Å². The minimum absolute atomic E-state index is 0.0775. The van der Waals surface area contributed by atoms with Crippen molar-refractivity contribution in [3.63, 3.8) is 0 Å². The molecule has 0 spiro atoms. The highest BCUT2D eigenvalue weighted by Gasteiger charge is 2.50. The molecular weight excluding hydrogens is 126 g/mol. The van der Waals surface area contributed by atoms with E-state index in [1.165, 1.54) is 0 Å². The molecule has 0 radical (unpaired) electrons. The van der Waals surface area contributed by atoms with Crippen LogP contribution in [0, 0.1) is 17.9 Å². The van der Waals surface area contributed by atoms with Gasteiger partial charge in [-0.05, 0) is 11.8 Å². The standard InChI is InChI=1S/C8H11NO/c1-8(2)4-6(8)7(10)5-9-3/h6H,4-5H2,1-2H3. The average Bonchev–Trinajstić information content (AvgIpc) is 2.41. The Balaban J connectivity index is 2.42. The van der Waals surface area contributed by atoms with Crippen LogP contribution in [0.4, 0.5) is 0 Å². The molecule has 0 aromatic rings. The van der Waals surface area contributed by atoms with Gasteiger partial charge in [0.1, 0.15) is 0 Å². The van der Waals surface area contributed by atoms with Gasteiger partial charge in [0, 0.05) is 5.92 Å². The van der Waals surface area contributed by atoms with Gasteiger partial charge in [0.2, 0.25) is 5.78 Å². The van der Waals surface area contributed by atoms with Gasteiger partial charge in [0.15, 0.2) is 0 Å². The zero-order valence-corrected chi connectivity index (χ0v) is 6.35. The van der Waals surface area contributed by atoms with Gasteiger partial charge >= 0.3 is 0 Å². The number of rotatable bonds is 2. The molecule has 1 saturated carbocycles. The largest absolute Gasteiger partial charge is 0.309 e. The monoisotopic (exact) mass is 137 g/mol. The van der Waals surface area contributed by atoms with Crippen LogP contribution >= 0.6 is 0 Å². The molecule has 1 aliphatic carbocycles. The molecule has 0 aromatic carbocycles. The maximum absolute atomic E-state index is 11.0. The van der Waals surface area contributed by atoms with Crippen molar-refractivity contribution in [3.05, 3.63) is 11.4 Å². The first-order valence-corrected chi connectivity index (χ1v) is 3.44. The van der Waals surface area contributed by atoms with Crippen molar-refractivity contribution >= 4 is 5.78 Å². The molecule has 0 heterocycles. The van der Waals surface area contributed by atoms with Gasteiger partial charge in [-0.15, -0.1) is 0 Å². The van der Waals surface area contributed by atoms with E-state index in [1.807, 2.05) is 0 Å². The third-order valence-corrected chi connectivity index (χ3v) is 2.14. The summed E-state index contributed by atoms with van der Waals surface area (Å²) in [7, 11) is 0. The zero-order chi connectivity index (χ0) is 7.78. The molecule has 0 amide bonds. The summed E-state index contributed by atoms with van der Waals surface area (Å²) in [6, 6.07) is 0. The fourth-order valence-electron chi connectivity index (χ4n) is 1.20. The number of hydrogen-bond acceptors (Lipinski definition) is 1. The summed E-state index contributed by atoms with van der Waals surface area (Å²) in [5.41, 5.74) is 0.196. The fraction of sp³-hybridized carbons (Fsp3) is 0.750. The van der Waals surface area contributed by atoms with Gasteiger partial charge in [0.05, 0.1) is 0 Å². The van der Waals surface area contributed by atoms with Crippen LogP contribution in [0.5, 0.6) is 0 Å². The maximum atomic E-state index is 11.0. The molecule has 0 aliphatic heterocycles. The molecule has 1 atom stereocenters. The Hall–Kier alpha value is -0.840. The minimum Gasteiger partial charge on any atom is -0.309 e. The van der Waals surface area contributed by atoms with Crippen molar-refractivity contribution in [2.24, 2.45) is 11.3 Å². The summed E-state index contributed by atoms with van der Waals surface area (Å²) in [5.74, 6) is 0.307. The summed E-state index contributed by atoms with van der Waals surface area (Å²) in [4.78, 5) is 14.1. The van der Waals surface area contributed by atoms with E-state index in [-0.39, 0.29) is 23.7 Å². The first kappa shape index (κ1) is 7.27. The van der Waals surface area contributed by atoms with Crippen molar-refractivity contribution < 1.29 is 4.79 Å². The van der Waals surface area contributed by atoms with Crippen LogP contribution in [0.1, 0.15) is 20.3 Å². The number of Topliss-reactive ketones (excluding diaryl/α,β-unsaturated/α-hetero) is 1. The van der Waals surface area contributed by atoms with E-state index in [0.29, 0.717) is 0 Å². The third kappa shape index (κ3) is 1.18. The van der Waals surface area contributed by atoms with E-state index in [0.717, 1.165) is 6.42 Å². The van der Waals surface area contributed by atoms with Crippen LogP contribution in [0.15, 0.2) is 0 Å². The molecular formula is C8H11NO. The molecule has 0 N–H and O–H groups in total. The smallest absolute Gasteiger partial charge is 0.272 e. The SMILES string of the molecule is [C-]#[N+]CC(=O)C1CC1(C)C. The first-order valence-electron chi connectivity index (χ1n) is 3.44. The van der Waals surface area contributed by atoms with Crippen LogP contribution in [0.2, 0.25) is 0 Å². The van der Waals surface area contributed by atoms with E-state index in [1.54, 1.807) is 0 Å². The van der Waals surface area contributed by atoms with Crippen molar-refractivity contribution in [2.75, 3.05) is 6.54 Å². The predicted octanol–water partition coefficient (Wildman–Crippen LogP) is 1.52. The van der Waals surface area contributed by atoms with E-state index in [4.69, 9.17) is 6.57 Å². The first-order chi connectivity index (χ1) is 4.58. The Kier molecular flexibility index (Phi) is 1.52. The Morgan fingerprint density at radius 3 is 2.60 bits per heavy atom. The molecule has 1 fully saturated rings. The lowest BCUT2D eigenvalue weighted by molar-refractivity contribution is -0.119. The second kappa shape index (κ2) is 2.09. The topological polar surface area (TPSA) is 21.4 Å². The maximum Gasteiger partial charge on any atom is 0.272 e. The van der Waals surface area contributed by atoms with Crippen molar-refractivity contribution in [3.8, 4) is 0 Å². The quantitative estimate of drug-likeness (QED) is 0.529. The molecule has 1 unspecified atom stereocenters. The van der Waals surface area contributed by atoms with E-state index < -0.39 is 0 Å². The molecule has 0 aromatic heterocycles. The van der Waals surface area contributed by atoms with Crippen LogP contribution < -0.4 is 0 Å². The summed E-state index contributed by atoms with van der Waals surface area (Å²) < 4.78 is 0. The summed E-state index contributed by atoms with van der Waals surface area (Å²) in [6.07, 6.45) is 0.974. The number of ketones is 1. The Labute approximate surface area is 61.1 Å². The lowest BCUT2D eigenvalue weighted by Gasteiger charge is -1.95. The number of nitrogens with zero attached hydrogens (tertiary/aromatic N) is 1. The van der Waals surface area contributed by atoms with Gasteiger partial charge in [-0.1, -0.05) is 13.8 Å². The Bertz CT molecular complexity index is 200. The van der Waals surface area contributed by atoms with E-state index >= 15 is 0 Å². The lowest BCUT2D eigenvalue weighted by atomic mass is 10.1. The number of carbonyl (C=O) groups excluding carboxylic acids is 1. The summed E-state index contributed by atoms with van der Waals surface area (Å²) >= 11 is 0. The highest BCUT2D eigenvalue weighted by atomic mass is 16.1. The number of hydrogen-bond donors (Lipinski definition) is 0. The second-order valence-electron chi connectivity index (χ2n) is 3.53. The number of carbonyl (C=O) groups is 1. The van der Waals surface area contributed by atoms with Crippen molar-refractivity contribution in [1.29, 1.82) is 0 Å². The average molecular weight is 137 g/mol. The molecule has 0 bridgehead atoms. The van der Waals surface area contributed by atoms with Gasteiger partial charge in [-0.2, -0.15) is 0 Å². The van der Waals surface area contributed by atoms with E-state index in [2.05, 4.69) is 18.7 Å². The minimum atomic E-state index is 0.0775. The summed E-state index contributed by atoms with van der Waals surface area (Å²) in [6.45, 7) is 10.7. The van der Waals surface area contributed by atoms with Crippen molar-refractivity contribution in [2.45, 2.75) is 20.3 Å². The van der Waals surface area contributed by atoms with E-state index in [9.17, 15) is 4.79 Å². The lowest BCUT2D eigenvalue weighted by Crippen LogP contribution is -2.07. The molecule has 1 rings (SSSR count).